The fourth-order valence-electron chi connectivity index (χ4n) is 3.06. The van der Waals surface area contributed by atoms with E-state index in [1.807, 2.05) is 7.05 Å². The van der Waals surface area contributed by atoms with Gasteiger partial charge in [-0.15, -0.1) is 0 Å². The quantitative estimate of drug-likeness (QED) is 0.805. The van der Waals surface area contributed by atoms with Crippen molar-refractivity contribution in [2.24, 2.45) is 0 Å². The van der Waals surface area contributed by atoms with Crippen molar-refractivity contribution < 1.29 is 0 Å². The first-order chi connectivity index (χ1) is 10.2. The highest BCUT2D eigenvalue weighted by Gasteiger charge is 2.13. The van der Waals surface area contributed by atoms with Crippen LogP contribution in [0.1, 0.15) is 43.0 Å². The van der Waals surface area contributed by atoms with Crippen molar-refractivity contribution in [3.8, 4) is 11.1 Å². The molecule has 0 aliphatic rings. The molecule has 1 nitrogen and oxygen atoms in total. The number of nitrogens with one attached hydrogen (secondary N) is 1. The molecule has 1 heteroatoms. The smallest absolute Gasteiger partial charge is 0.0208 e. The fourth-order valence-corrected chi connectivity index (χ4v) is 3.06. The van der Waals surface area contributed by atoms with Gasteiger partial charge in [-0.3, -0.25) is 0 Å². The van der Waals surface area contributed by atoms with E-state index in [1.165, 1.54) is 33.4 Å². The third-order valence-corrected chi connectivity index (χ3v) is 4.19. The molecule has 0 bridgehead atoms. The lowest BCUT2D eigenvalue weighted by molar-refractivity contribution is 0.819. The topological polar surface area (TPSA) is 12.0 Å². The van der Waals surface area contributed by atoms with E-state index in [4.69, 9.17) is 0 Å². The van der Waals surface area contributed by atoms with Gasteiger partial charge in [-0.2, -0.15) is 0 Å². The molecular formula is C20H27N. The summed E-state index contributed by atoms with van der Waals surface area (Å²) in [6.07, 6.45) is 3.28. The van der Waals surface area contributed by atoms with Gasteiger partial charge < -0.3 is 5.32 Å². The van der Waals surface area contributed by atoms with Crippen LogP contribution in [-0.2, 0) is 25.8 Å². The first-order valence-electron chi connectivity index (χ1n) is 8.12. The summed E-state index contributed by atoms with van der Waals surface area (Å²) in [6.45, 7) is 7.68. The van der Waals surface area contributed by atoms with Gasteiger partial charge in [0.25, 0.3) is 0 Å². The van der Waals surface area contributed by atoms with E-state index < -0.39 is 0 Å². The standard InChI is InChI=1S/C20H27N/c1-5-15-12-16(6-2)20(17(7-3)13-15)19-11-9-8-10-18(19)14-21-4/h8-13,21H,5-7,14H2,1-4H3. The maximum Gasteiger partial charge on any atom is 0.0208 e. The van der Waals surface area contributed by atoms with Gasteiger partial charge in [-0.05, 0) is 59.7 Å². The molecule has 21 heavy (non-hydrogen) atoms. The lowest BCUT2D eigenvalue weighted by atomic mass is 9.87. The van der Waals surface area contributed by atoms with Crippen LogP contribution in [0.2, 0.25) is 0 Å². The summed E-state index contributed by atoms with van der Waals surface area (Å²) in [7, 11) is 2.01. The minimum absolute atomic E-state index is 0.915. The van der Waals surface area contributed by atoms with Crippen molar-refractivity contribution in [2.45, 2.75) is 46.6 Å². The Morgan fingerprint density at radius 3 is 1.95 bits per heavy atom. The fraction of sp³-hybridized carbons (Fsp3) is 0.400. The van der Waals surface area contributed by atoms with Crippen molar-refractivity contribution in [1.29, 1.82) is 0 Å². The van der Waals surface area contributed by atoms with Crippen LogP contribution in [0.25, 0.3) is 11.1 Å². The second kappa shape index (κ2) is 7.42. The summed E-state index contributed by atoms with van der Waals surface area (Å²) in [6, 6.07) is 13.6. The molecule has 2 aromatic rings. The van der Waals surface area contributed by atoms with Gasteiger partial charge in [0, 0.05) is 6.54 Å². The molecule has 0 aliphatic heterocycles. The lowest BCUT2D eigenvalue weighted by Crippen LogP contribution is -2.07. The van der Waals surface area contributed by atoms with Crippen LogP contribution in [-0.4, -0.2) is 7.05 Å². The zero-order valence-corrected chi connectivity index (χ0v) is 13.8. The van der Waals surface area contributed by atoms with Crippen molar-refractivity contribution in [2.75, 3.05) is 7.05 Å². The maximum atomic E-state index is 3.29. The molecule has 2 rings (SSSR count). The first-order valence-corrected chi connectivity index (χ1v) is 8.12. The van der Waals surface area contributed by atoms with Gasteiger partial charge in [-0.25, -0.2) is 0 Å². The van der Waals surface area contributed by atoms with Gasteiger partial charge in [0.05, 0.1) is 0 Å². The molecule has 0 aromatic heterocycles. The van der Waals surface area contributed by atoms with Crippen LogP contribution in [0.3, 0.4) is 0 Å². The van der Waals surface area contributed by atoms with Crippen LogP contribution in [0, 0.1) is 0 Å². The lowest BCUT2D eigenvalue weighted by Gasteiger charge is -2.18. The molecule has 0 radical (unpaired) electrons. The van der Waals surface area contributed by atoms with Gasteiger partial charge in [0.2, 0.25) is 0 Å². The van der Waals surface area contributed by atoms with Crippen molar-refractivity contribution in [1.82, 2.24) is 5.32 Å². The molecule has 112 valence electrons. The molecular weight excluding hydrogens is 254 g/mol. The van der Waals surface area contributed by atoms with E-state index in [0.29, 0.717) is 0 Å². The Morgan fingerprint density at radius 1 is 0.810 bits per heavy atom. The Kier molecular flexibility index (Phi) is 5.58. The number of hydrogen-bond donors (Lipinski definition) is 1. The third kappa shape index (κ3) is 3.36. The highest BCUT2D eigenvalue weighted by Crippen LogP contribution is 2.33. The van der Waals surface area contributed by atoms with Crippen LogP contribution < -0.4 is 5.32 Å². The predicted molar refractivity (Wildman–Crippen MR) is 92.8 cm³/mol. The molecule has 0 unspecified atom stereocenters. The SMILES string of the molecule is CCc1cc(CC)c(-c2ccccc2CNC)c(CC)c1. The Bertz CT molecular complexity index is 574. The summed E-state index contributed by atoms with van der Waals surface area (Å²) >= 11 is 0. The van der Waals surface area contributed by atoms with E-state index in [1.54, 1.807) is 0 Å². The third-order valence-electron chi connectivity index (χ3n) is 4.19. The van der Waals surface area contributed by atoms with Crippen LogP contribution >= 0.6 is 0 Å². The van der Waals surface area contributed by atoms with Gasteiger partial charge in [0.15, 0.2) is 0 Å². The largest absolute Gasteiger partial charge is 0.316 e. The molecule has 1 N–H and O–H groups in total. The zero-order chi connectivity index (χ0) is 15.2. The number of benzene rings is 2. The van der Waals surface area contributed by atoms with Crippen molar-refractivity contribution >= 4 is 0 Å². The van der Waals surface area contributed by atoms with Gasteiger partial charge in [-0.1, -0.05) is 57.2 Å². The molecule has 0 saturated heterocycles. The molecule has 0 atom stereocenters. The first kappa shape index (κ1) is 15.8. The second-order valence-electron chi connectivity index (χ2n) is 5.54. The van der Waals surface area contributed by atoms with Crippen LogP contribution in [0.5, 0.6) is 0 Å². The monoisotopic (exact) mass is 281 g/mol. The Hall–Kier alpha value is -1.60. The van der Waals surface area contributed by atoms with E-state index in [-0.39, 0.29) is 0 Å². The predicted octanol–water partition coefficient (Wildman–Crippen LogP) is 4.76. The van der Waals surface area contributed by atoms with Crippen molar-refractivity contribution in [3.63, 3.8) is 0 Å². The minimum Gasteiger partial charge on any atom is -0.316 e. The van der Waals surface area contributed by atoms with E-state index in [0.717, 1.165) is 25.8 Å². The van der Waals surface area contributed by atoms with Gasteiger partial charge >= 0.3 is 0 Å². The van der Waals surface area contributed by atoms with Crippen LogP contribution in [0.15, 0.2) is 36.4 Å². The zero-order valence-electron chi connectivity index (χ0n) is 13.8. The highest BCUT2D eigenvalue weighted by atomic mass is 14.8. The van der Waals surface area contributed by atoms with E-state index >= 15 is 0 Å². The molecule has 0 aliphatic carbocycles. The average Bonchev–Trinajstić information content (AvgIpc) is 2.54. The molecule has 0 saturated carbocycles. The Labute approximate surface area is 129 Å². The van der Waals surface area contributed by atoms with E-state index in [9.17, 15) is 0 Å². The molecule has 0 amide bonds. The highest BCUT2D eigenvalue weighted by molar-refractivity contribution is 5.74. The molecule has 0 heterocycles. The Morgan fingerprint density at radius 2 is 1.43 bits per heavy atom. The molecule has 0 spiro atoms. The summed E-state index contributed by atoms with van der Waals surface area (Å²) in [5.74, 6) is 0. The Balaban J connectivity index is 2.67. The average molecular weight is 281 g/mol. The number of aryl methyl sites for hydroxylation is 3. The second-order valence-corrected chi connectivity index (χ2v) is 5.54. The molecule has 0 fully saturated rings. The summed E-state index contributed by atoms with van der Waals surface area (Å²) in [5, 5.41) is 3.29. The van der Waals surface area contributed by atoms with E-state index in [2.05, 4.69) is 62.5 Å². The molecule has 2 aromatic carbocycles. The van der Waals surface area contributed by atoms with Crippen LogP contribution in [0.4, 0.5) is 0 Å². The van der Waals surface area contributed by atoms with Gasteiger partial charge in [0.1, 0.15) is 0 Å². The maximum absolute atomic E-state index is 3.29. The number of hydrogen-bond acceptors (Lipinski definition) is 1. The normalized spacial score (nSPS) is 10.9. The summed E-state index contributed by atoms with van der Waals surface area (Å²) < 4.78 is 0. The number of rotatable bonds is 6. The summed E-state index contributed by atoms with van der Waals surface area (Å²) in [4.78, 5) is 0. The minimum atomic E-state index is 0.915. The summed E-state index contributed by atoms with van der Waals surface area (Å²) in [5.41, 5.74) is 8.66. The van der Waals surface area contributed by atoms with Crippen molar-refractivity contribution in [3.05, 3.63) is 58.7 Å².